The normalized spacial score (nSPS) is 26.5. The van der Waals surface area contributed by atoms with E-state index >= 15 is 0 Å². The topological polar surface area (TPSA) is 50.7 Å². The van der Waals surface area contributed by atoms with Crippen molar-refractivity contribution >= 4 is 0 Å². The van der Waals surface area contributed by atoms with Crippen LogP contribution in [0.4, 0.5) is 0 Å². The van der Waals surface area contributed by atoms with E-state index in [1.807, 2.05) is 38.1 Å². The molecule has 122 valence electrons. The van der Waals surface area contributed by atoms with E-state index in [4.69, 9.17) is 9.47 Å². The van der Waals surface area contributed by atoms with Gasteiger partial charge in [-0.25, -0.2) is 0 Å². The lowest BCUT2D eigenvalue weighted by atomic mass is 9.99. The lowest BCUT2D eigenvalue weighted by Gasteiger charge is -2.28. The molecule has 4 atom stereocenters. The summed E-state index contributed by atoms with van der Waals surface area (Å²) in [7, 11) is 0. The van der Waals surface area contributed by atoms with Crippen LogP contribution in [0.1, 0.15) is 32.8 Å². The zero-order valence-corrected chi connectivity index (χ0v) is 13.7. The summed E-state index contributed by atoms with van der Waals surface area (Å²) in [6.07, 6.45) is 1.48. The predicted molar refractivity (Wildman–Crippen MR) is 87.4 cm³/mol. The third kappa shape index (κ3) is 4.40. The molecule has 0 aromatic heterocycles. The van der Waals surface area contributed by atoms with Gasteiger partial charge in [0.15, 0.2) is 5.79 Å². The van der Waals surface area contributed by atoms with E-state index < -0.39 is 11.9 Å². The molecule has 0 aliphatic carbocycles. The first kappa shape index (κ1) is 17.2. The van der Waals surface area contributed by atoms with Gasteiger partial charge in [0.1, 0.15) is 12.2 Å². The Morgan fingerprint density at radius 3 is 2.50 bits per heavy atom. The van der Waals surface area contributed by atoms with Crippen molar-refractivity contribution < 1.29 is 14.6 Å². The van der Waals surface area contributed by atoms with Crippen LogP contribution in [0.15, 0.2) is 43.0 Å². The van der Waals surface area contributed by atoms with Crippen molar-refractivity contribution in [2.45, 2.75) is 63.9 Å². The largest absolute Gasteiger partial charge is 0.391 e. The van der Waals surface area contributed by atoms with Gasteiger partial charge >= 0.3 is 0 Å². The fourth-order valence-electron chi connectivity index (χ4n) is 2.86. The van der Waals surface area contributed by atoms with E-state index in [1.54, 1.807) is 6.92 Å². The monoisotopic (exact) mass is 305 g/mol. The molecule has 1 heterocycles. The number of rotatable bonds is 7. The van der Waals surface area contributed by atoms with Crippen LogP contribution in [0.2, 0.25) is 0 Å². The summed E-state index contributed by atoms with van der Waals surface area (Å²) in [6, 6.07) is 10.3. The second-order valence-corrected chi connectivity index (χ2v) is 6.30. The average Bonchev–Trinajstić information content (AvgIpc) is 2.80. The lowest BCUT2D eigenvalue weighted by molar-refractivity contribution is -0.155. The Morgan fingerprint density at radius 1 is 1.27 bits per heavy atom. The van der Waals surface area contributed by atoms with Crippen molar-refractivity contribution in [3.05, 3.63) is 48.6 Å². The van der Waals surface area contributed by atoms with E-state index in [0.29, 0.717) is 0 Å². The maximum atomic E-state index is 10.00. The number of ether oxygens (including phenoxy) is 2. The molecule has 1 fully saturated rings. The fraction of sp³-hybridized carbons (Fsp3) is 0.556. The first-order valence-corrected chi connectivity index (χ1v) is 7.85. The van der Waals surface area contributed by atoms with Gasteiger partial charge in [-0.2, -0.15) is 0 Å². The molecule has 0 amide bonds. The molecule has 4 heteroatoms. The van der Waals surface area contributed by atoms with Crippen molar-refractivity contribution in [2.75, 3.05) is 0 Å². The molecule has 22 heavy (non-hydrogen) atoms. The summed E-state index contributed by atoms with van der Waals surface area (Å²) in [6.45, 7) is 10.1. The highest BCUT2D eigenvalue weighted by Crippen LogP contribution is 2.32. The van der Waals surface area contributed by atoms with Crippen molar-refractivity contribution in [1.29, 1.82) is 0 Å². The Hall–Kier alpha value is -1.20. The Labute approximate surface area is 133 Å². The van der Waals surface area contributed by atoms with Gasteiger partial charge < -0.3 is 19.9 Å². The highest BCUT2D eigenvalue weighted by molar-refractivity contribution is 5.14. The van der Waals surface area contributed by atoms with Gasteiger partial charge in [-0.1, -0.05) is 36.4 Å². The maximum Gasteiger partial charge on any atom is 0.163 e. The molecule has 1 aromatic rings. The van der Waals surface area contributed by atoms with Crippen molar-refractivity contribution in [3.63, 3.8) is 0 Å². The van der Waals surface area contributed by atoms with E-state index in [0.717, 1.165) is 13.0 Å². The van der Waals surface area contributed by atoms with E-state index in [1.165, 1.54) is 5.56 Å². The molecule has 2 rings (SSSR count). The molecule has 1 aliphatic rings. The van der Waals surface area contributed by atoms with Gasteiger partial charge in [0.2, 0.25) is 0 Å². The smallest absolute Gasteiger partial charge is 0.163 e. The quantitative estimate of drug-likeness (QED) is 0.760. The number of hydrogen-bond donors (Lipinski definition) is 2. The zero-order chi connectivity index (χ0) is 16.2. The molecule has 0 saturated carbocycles. The molecule has 0 bridgehead atoms. The van der Waals surface area contributed by atoms with Crippen LogP contribution in [0, 0.1) is 0 Å². The minimum atomic E-state index is -0.680. The van der Waals surface area contributed by atoms with Gasteiger partial charge in [-0.3, -0.25) is 0 Å². The highest BCUT2D eigenvalue weighted by atomic mass is 16.8. The van der Waals surface area contributed by atoms with E-state index in [2.05, 4.69) is 24.0 Å². The first-order chi connectivity index (χ1) is 10.4. The van der Waals surface area contributed by atoms with Crippen LogP contribution in [0.25, 0.3) is 0 Å². The van der Waals surface area contributed by atoms with Crippen LogP contribution in [-0.4, -0.2) is 35.2 Å². The Morgan fingerprint density at radius 2 is 1.91 bits per heavy atom. The molecule has 2 N–H and O–H groups in total. The molecule has 1 saturated heterocycles. The molecule has 4 nitrogen and oxygen atoms in total. The maximum absolute atomic E-state index is 10.00. The van der Waals surface area contributed by atoms with Crippen molar-refractivity contribution in [2.24, 2.45) is 0 Å². The van der Waals surface area contributed by atoms with E-state index in [9.17, 15) is 5.11 Å². The minimum absolute atomic E-state index is 0.0408. The highest BCUT2D eigenvalue weighted by Gasteiger charge is 2.46. The summed E-state index contributed by atoms with van der Waals surface area (Å²) in [5.74, 6) is -0.680. The molecular formula is C18H27NO3. The molecule has 0 spiro atoms. The van der Waals surface area contributed by atoms with Crippen LogP contribution in [0.5, 0.6) is 0 Å². The van der Waals surface area contributed by atoms with Gasteiger partial charge in [0.25, 0.3) is 0 Å². The van der Waals surface area contributed by atoms with Crippen LogP contribution in [-0.2, 0) is 16.0 Å². The summed E-state index contributed by atoms with van der Waals surface area (Å²) in [4.78, 5) is 0. The predicted octanol–water partition coefficient (Wildman–Crippen LogP) is 2.62. The Kier molecular flexibility index (Phi) is 5.75. The second-order valence-electron chi connectivity index (χ2n) is 6.30. The summed E-state index contributed by atoms with van der Waals surface area (Å²) >= 11 is 0. The number of benzene rings is 1. The van der Waals surface area contributed by atoms with Gasteiger partial charge in [0, 0.05) is 12.6 Å². The van der Waals surface area contributed by atoms with Crippen molar-refractivity contribution in [3.8, 4) is 0 Å². The Bertz CT molecular complexity index is 472. The number of nitrogens with one attached hydrogen (secondary N) is 1. The van der Waals surface area contributed by atoms with Gasteiger partial charge in [0.05, 0.1) is 6.10 Å². The molecule has 0 radical (unpaired) electrons. The molecule has 0 unspecified atom stereocenters. The van der Waals surface area contributed by atoms with Crippen molar-refractivity contribution in [1.82, 2.24) is 5.32 Å². The SMILES string of the molecule is C=CC[C@@H](NCc1ccccc1)[C@@H]1OC(C)(C)O[C@@H]1[C@@H](C)O. The zero-order valence-electron chi connectivity index (χ0n) is 13.7. The fourth-order valence-corrected chi connectivity index (χ4v) is 2.86. The number of aliphatic hydroxyl groups is 1. The lowest BCUT2D eigenvalue weighted by Crippen LogP contribution is -2.47. The van der Waals surface area contributed by atoms with Crippen LogP contribution >= 0.6 is 0 Å². The molecule has 1 aromatic carbocycles. The number of aliphatic hydroxyl groups excluding tert-OH is 1. The number of hydrogen-bond acceptors (Lipinski definition) is 4. The summed E-state index contributed by atoms with van der Waals surface area (Å²) in [5.41, 5.74) is 1.21. The van der Waals surface area contributed by atoms with Gasteiger partial charge in [-0.05, 0) is 32.8 Å². The summed E-state index contributed by atoms with van der Waals surface area (Å²) in [5, 5.41) is 13.5. The van der Waals surface area contributed by atoms with Crippen LogP contribution < -0.4 is 5.32 Å². The van der Waals surface area contributed by atoms with Crippen LogP contribution in [0.3, 0.4) is 0 Å². The molecule has 1 aliphatic heterocycles. The average molecular weight is 305 g/mol. The third-order valence-electron chi connectivity index (χ3n) is 3.87. The third-order valence-corrected chi connectivity index (χ3v) is 3.87. The standard InChI is InChI=1S/C18H27NO3/c1-5-9-15(19-12-14-10-7-6-8-11-14)17-16(13(2)20)21-18(3,4)22-17/h5-8,10-11,13,15-17,19-20H,1,9,12H2,2-4H3/t13-,15-,16-,17+/m1/s1. The second kappa shape index (κ2) is 7.38. The molecular weight excluding hydrogens is 278 g/mol. The minimum Gasteiger partial charge on any atom is -0.391 e. The Balaban J connectivity index is 2.07. The first-order valence-electron chi connectivity index (χ1n) is 7.85. The summed E-state index contributed by atoms with van der Waals surface area (Å²) < 4.78 is 11.9. The van der Waals surface area contributed by atoms with E-state index in [-0.39, 0.29) is 18.2 Å². The van der Waals surface area contributed by atoms with Gasteiger partial charge in [-0.15, -0.1) is 6.58 Å².